The molecule has 1 aliphatic rings. The highest BCUT2D eigenvalue weighted by Gasteiger charge is 2.18. The lowest BCUT2D eigenvalue weighted by molar-refractivity contribution is 0.110. The molecule has 2 N–H and O–H groups in total. The molecule has 0 bridgehead atoms. The monoisotopic (exact) mass is 255 g/mol. The summed E-state index contributed by atoms with van der Waals surface area (Å²) in [6.07, 6.45) is 4.38. The van der Waals surface area contributed by atoms with Crippen molar-refractivity contribution in [2.45, 2.75) is 31.8 Å². The maximum Gasteiger partial charge on any atom is 0.0540 e. The Kier molecular flexibility index (Phi) is 3.95. The third-order valence-corrected chi connectivity index (χ3v) is 2.62. The fourth-order valence-corrected chi connectivity index (χ4v) is 2.08. The topological polar surface area (TPSA) is 32.3 Å². The Labute approximate surface area is 75.9 Å². The van der Waals surface area contributed by atoms with E-state index in [1.807, 2.05) is 0 Å². The van der Waals surface area contributed by atoms with E-state index in [2.05, 4.69) is 26.4 Å². The number of rotatable bonds is 2. The predicted octanol–water partition coefficient (Wildman–Crippen LogP) is 1.48. The molecule has 0 amide bonds. The van der Waals surface area contributed by atoms with Crippen molar-refractivity contribution in [3.63, 3.8) is 0 Å². The normalized spacial score (nSPS) is 34.2. The van der Waals surface area contributed by atoms with Crippen LogP contribution in [0.15, 0.2) is 0 Å². The molecule has 3 heteroatoms. The van der Waals surface area contributed by atoms with Gasteiger partial charge in [0.05, 0.1) is 6.10 Å². The predicted molar refractivity (Wildman–Crippen MR) is 50.0 cm³/mol. The van der Waals surface area contributed by atoms with E-state index in [9.17, 15) is 5.11 Å². The molecule has 0 atom stereocenters. The summed E-state index contributed by atoms with van der Waals surface area (Å²) in [7, 11) is 0. The number of hydrogen-bond donors (Lipinski definition) is 2. The highest BCUT2D eigenvalue weighted by molar-refractivity contribution is 14.1. The van der Waals surface area contributed by atoms with Gasteiger partial charge in [0.1, 0.15) is 0 Å². The smallest absolute Gasteiger partial charge is 0.0540 e. The maximum atomic E-state index is 9.17. The van der Waals surface area contributed by atoms with Crippen LogP contribution in [0, 0.1) is 5.92 Å². The van der Waals surface area contributed by atoms with Crippen LogP contribution in [0.3, 0.4) is 0 Å². The van der Waals surface area contributed by atoms with Gasteiger partial charge in [-0.05, 0) is 31.6 Å². The highest BCUT2D eigenvalue weighted by Crippen LogP contribution is 2.23. The number of aliphatic hydroxyl groups excluding tert-OH is 1. The van der Waals surface area contributed by atoms with Gasteiger partial charge in [-0.15, -0.1) is 0 Å². The van der Waals surface area contributed by atoms with Crippen LogP contribution in [-0.2, 0) is 0 Å². The molecule has 0 spiro atoms. The fourth-order valence-electron chi connectivity index (χ4n) is 1.46. The van der Waals surface area contributed by atoms with E-state index >= 15 is 0 Å². The first-order chi connectivity index (χ1) is 4.83. The third kappa shape index (κ3) is 2.72. The van der Waals surface area contributed by atoms with Crippen molar-refractivity contribution in [2.75, 3.05) is 6.54 Å². The van der Waals surface area contributed by atoms with Gasteiger partial charge in [0, 0.05) is 29.4 Å². The van der Waals surface area contributed by atoms with Crippen LogP contribution in [0.4, 0.5) is 0 Å². The second kappa shape index (κ2) is 4.51. The van der Waals surface area contributed by atoms with E-state index in [1.165, 1.54) is 12.8 Å². The van der Waals surface area contributed by atoms with Gasteiger partial charge in [0.15, 0.2) is 0 Å². The SMILES string of the molecule is O[C@H]1CC[C@@H](CNI)CC1. The van der Waals surface area contributed by atoms with Gasteiger partial charge in [0.25, 0.3) is 0 Å². The first kappa shape index (κ1) is 8.74. The summed E-state index contributed by atoms with van der Waals surface area (Å²) in [6.45, 7) is 1.10. The summed E-state index contributed by atoms with van der Waals surface area (Å²) < 4.78 is 3.14. The average molecular weight is 255 g/mol. The molecule has 1 aliphatic carbocycles. The van der Waals surface area contributed by atoms with Gasteiger partial charge in [0.2, 0.25) is 0 Å². The molecule has 1 saturated carbocycles. The minimum absolute atomic E-state index is 0.00883. The summed E-state index contributed by atoms with van der Waals surface area (Å²) in [4.78, 5) is 0. The summed E-state index contributed by atoms with van der Waals surface area (Å²) in [5.74, 6) is 0.806. The second-order valence-electron chi connectivity index (χ2n) is 3.01. The lowest BCUT2D eigenvalue weighted by Gasteiger charge is -2.24. The summed E-state index contributed by atoms with van der Waals surface area (Å²) in [5.41, 5.74) is 0. The van der Waals surface area contributed by atoms with E-state index in [-0.39, 0.29) is 6.10 Å². The van der Waals surface area contributed by atoms with Crippen LogP contribution < -0.4 is 3.53 Å². The number of halogens is 1. The van der Waals surface area contributed by atoms with Gasteiger partial charge in [-0.3, -0.25) is 3.53 Å². The minimum Gasteiger partial charge on any atom is -0.393 e. The van der Waals surface area contributed by atoms with Gasteiger partial charge in [-0.2, -0.15) is 0 Å². The second-order valence-corrected chi connectivity index (χ2v) is 3.78. The Bertz CT molecular complexity index is 91.6. The van der Waals surface area contributed by atoms with E-state index < -0.39 is 0 Å². The molecule has 1 rings (SSSR count). The molecule has 0 radical (unpaired) electrons. The Hall–Kier alpha value is 0.650. The van der Waals surface area contributed by atoms with Gasteiger partial charge in [-0.25, -0.2) is 0 Å². The molecule has 1 fully saturated rings. The zero-order chi connectivity index (χ0) is 7.40. The number of aliphatic hydroxyl groups is 1. The first-order valence-corrected chi connectivity index (χ1v) is 4.92. The Balaban J connectivity index is 2.13. The van der Waals surface area contributed by atoms with E-state index in [0.717, 1.165) is 25.3 Å². The van der Waals surface area contributed by atoms with Crippen LogP contribution >= 0.6 is 22.9 Å². The largest absolute Gasteiger partial charge is 0.393 e. The van der Waals surface area contributed by atoms with Crippen LogP contribution in [0.1, 0.15) is 25.7 Å². The van der Waals surface area contributed by atoms with Crippen molar-refractivity contribution < 1.29 is 5.11 Å². The van der Waals surface area contributed by atoms with Crippen molar-refractivity contribution >= 4 is 22.9 Å². The van der Waals surface area contributed by atoms with Crippen molar-refractivity contribution in [1.29, 1.82) is 0 Å². The Morgan fingerprint density at radius 1 is 1.30 bits per heavy atom. The van der Waals surface area contributed by atoms with Gasteiger partial charge < -0.3 is 5.11 Å². The van der Waals surface area contributed by atoms with Crippen LogP contribution in [0.25, 0.3) is 0 Å². The lowest BCUT2D eigenvalue weighted by atomic mass is 9.88. The molecule has 0 aliphatic heterocycles. The molecule has 0 saturated heterocycles. The van der Waals surface area contributed by atoms with Crippen molar-refractivity contribution in [1.82, 2.24) is 3.53 Å². The zero-order valence-electron chi connectivity index (χ0n) is 6.02. The van der Waals surface area contributed by atoms with Crippen LogP contribution in [0.5, 0.6) is 0 Å². The zero-order valence-corrected chi connectivity index (χ0v) is 8.17. The summed E-state index contributed by atoms with van der Waals surface area (Å²) in [5, 5.41) is 9.17. The number of nitrogens with one attached hydrogen (secondary N) is 1. The molecule has 10 heavy (non-hydrogen) atoms. The highest BCUT2D eigenvalue weighted by atomic mass is 127. The Morgan fingerprint density at radius 3 is 2.40 bits per heavy atom. The number of hydrogen-bond acceptors (Lipinski definition) is 2. The quantitative estimate of drug-likeness (QED) is 0.578. The van der Waals surface area contributed by atoms with Gasteiger partial charge in [-0.1, -0.05) is 0 Å². The Morgan fingerprint density at radius 2 is 1.90 bits per heavy atom. The van der Waals surface area contributed by atoms with Crippen molar-refractivity contribution in [3.8, 4) is 0 Å². The molecule has 0 aromatic heterocycles. The van der Waals surface area contributed by atoms with E-state index in [4.69, 9.17) is 0 Å². The fraction of sp³-hybridized carbons (Fsp3) is 1.00. The molecule has 0 unspecified atom stereocenters. The molecule has 2 nitrogen and oxygen atoms in total. The van der Waals surface area contributed by atoms with Gasteiger partial charge >= 0.3 is 0 Å². The molecule has 0 aromatic carbocycles. The molecule has 0 heterocycles. The molecular formula is C7H14INO. The van der Waals surface area contributed by atoms with Crippen LogP contribution in [-0.4, -0.2) is 17.8 Å². The van der Waals surface area contributed by atoms with Crippen molar-refractivity contribution in [3.05, 3.63) is 0 Å². The standard InChI is InChI=1S/C7H14INO/c8-9-5-6-1-3-7(10)4-2-6/h6-7,9-10H,1-5H2/t6-,7+. The van der Waals surface area contributed by atoms with E-state index in [1.54, 1.807) is 0 Å². The maximum absolute atomic E-state index is 9.17. The average Bonchev–Trinajstić information content (AvgIpc) is 1.95. The summed E-state index contributed by atoms with van der Waals surface area (Å²) in [6, 6.07) is 0. The molecular weight excluding hydrogens is 241 g/mol. The first-order valence-electron chi connectivity index (χ1n) is 3.84. The lowest BCUT2D eigenvalue weighted by Crippen LogP contribution is -2.23. The molecule has 60 valence electrons. The minimum atomic E-state index is -0.00883. The molecule has 0 aromatic rings. The van der Waals surface area contributed by atoms with Crippen LogP contribution in [0.2, 0.25) is 0 Å². The summed E-state index contributed by atoms with van der Waals surface area (Å²) >= 11 is 2.18. The third-order valence-electron chi connectivity index (χ3n) is 2.18. The van der Waals surface area contributed by atoms with E-state index in [0.29, 0.717) is 0 Å². The van der Waals surface area contributed by atoms with Crippen molar-refractivity contribution in [2.24, 2.45) is 5.92 Å².